The van der Waals surface area contributed by atoms with Gasteiger partial charge in [-0.2, -0.15) is 9.40 Å². The van der Waals surface area contributed by atoms with Crippen LogP contribution in [0.1, 0.15) is 38.1 Å². The molecule has 1 aromatic heterocycles. The van der Waals surface area contributed by atoms with Crippen LogP contribution in [0.4, 0.5) is 0 Å². The van der Waals surface area contributed by atoms with E-state index in [4.69, 9.17) is 0 Å². The Morgan fingerprint density at radius 1 is 0.923 bits per heavy atom. The van der Waals surface area contributed by atoms with Crippen molar-refractivity contribution in [3.8, 4) is 11.3 Å². The molecule has 26 heavy (non-hydrogen) atoms. The molecule has 2 aromatic rings. The highest BCUT2D eigenvalue weighted by Crippen LogP contribution is 2.31. The highest BCUT2D eigenvalue weighted by atomic mass is 32.2. The molecule has 0 bridgehead atoms. The molecule has 2 heterocycles. The van der Waals surface area contributed by atoms with Crippen LogP contribution in [-0.4, -0.2) is 40.8 Å². The summed E-state index contributed by atoms with van der Waals surface area (Å²) in [6.45, 7) is 0.675. The molecular weight excluding hydrogens is 350 g/mol. The minimum atomic E-state index is -3.25. The van der Waals surface area contributed by atoms with Gasteiger partial charge in [-0.25, -0.2) is 13.1 Å². The second-order valence-corrected chi connectivity index (χ2v) is 9.36. The topological polar surface area (TPSA) is 72.3 Å². The highest BCUT2D eigenvalue weighted by Gasteiger charge is 2.42. The van der Waals surface area contributed by atoms with Crippen LogP contribution >= 0.6 is 0 Å². The van der Waals surface area contributed by atoms with Crippen molar-refractivity contribution in [2.75, 3.05) is 13.1 Å². The standard InChI is InChI=1S/C19H23N3O3S/c23-19-12-11-18(15-7-3-1-4-8-15)20-22(19)16-13-21(14-16)26(24,25)17-9-5-2-6-10-17/h1,3-4,7-8,11-12,16-17H,2,5-6,9-10,13-14H2. The van der Waals surface area contributed by atoms with E-state index in [1.807, 2.05) is 30.3 Å². The van der Waals surface area contributed by atoms with Crippen LogP contribution in [0.5, 0.6) is 0 Å². The van der Waals surface area contributed by atoms with Crippen molar-refractivity contribution < 1.29 is 8.42 Å². The van der Waals surface area contributed by atoms with E-state index in [0.29, 0.717) is 13.1 Å². The van der Waals surface area contributed by atoms with E-state index in [0.717, 1.165) is 43.4 Å². The summed E-state index contributed by atoms with van der Waals surface area (Å²) in [5.41, 5.74) is 1.47. The van der Waals surface area contributed by atoms with Gasteiger partial charge >= 0.3 is 0 Å². The third-order valence-corrected chi connectivity index (χ3v) is 7.73. The fraction of sp³-hybridized carbons (Fsp3) is 0.474. The van der Waals surface area contributed by atoms with E-state index in [1.165, 1.54) is 15.1 Å². The fourth-order valence-corrected chi connectivity index (χ4v) is 5.91. The maximum atomic E-state index is 12.7. The summed E-state index contributed by atoms with van der Waals surface area (Å²) in [6, 6.07) is 12.7. The minimum Gasteiger partial charge on any atom is -0.268 e. The largest absolute Gasteiger partial charge is 0.268 e. The molecule has 2 fully saturated rings. The van der Waals surface area contributed by atoms with Gasteiger partial charge in [-0.3, -0.25) is 4.79 Å². The van der Waals surface area contributed by atoms with Gasteiger partial charge in [0.15, 0.2) is 0 Å². The lowest BCUT2D eigenvalue weighted by Gasteiger charge is -2.40. The van der Waals surface area contributed by atoms with E-state index in [2.05, 4.69) is 5.10 Å². The Bertz CT molecular complexity index is 928. The average molecular weight is 373 g/mol. The van der Waals surface area contributed by atoms with Gasteiger partial charge < -0.3 is 0 Å². The molecular formula is C19H23N3O3S. The monoisotopic (exact) mass is 373 g/mol. The number of benzene rings is 1. The van der Waals surface area contributed by atoms with E-state index in [-0.39, 0.29) is 16.9 Å². The zero-order chi connectivity index (χ0) is 18.1. The van der Waals surface area contributed by atoms with Crippen molar-refractivity contribution in [1.82, 2.24) is 14.1 Å². The Balaban J connectivity index is 1.51. The van der Waals surface area contributed by atoms with Gasteiger partial charge in [0.05, 0.1) is 17.0 Å². The van der Waals surface area contributed by atoms with Crippen LogP contribution in [-0.2, 0) is 10.0 Å². The predicted octanol–water partition coefficient (Wildman–Crippen LogP) is 2.43. The first kappa shape index (κ1) is 17.4. The van der Waals surface area contributed by atoms with Crippen LogP contribution in [0.2, 0.25) is 0 Å². The molecule has 1 saturated carbocycles. The molecule has 138 valence electrons. The number of rotatable bonds is 4. The third-order valence-electron chi connectivity index (χ3n) is 5.40. The number of hydrogen-bond donors (Lipinski definition) is 0. The predicted molar refractivity (Wildman–Crippen MR) is 100 cm³/mol. The van der Waals surface area contributed by atoms with Crippen molar-refractivity contribution in [3.05, 3.63) is 52.8 Å². The van der Waals surface area contributed by atoms with E-state index in [9.17, 15) is 13.2 Å². The van der Waals surface area contributed by atoms with Crippen LogP contribution in [0, 0.1) is 0 Å². The van der Waals surface area contributed by atoms with Crippen molar-refractivity contribution in [1.29, 1.82) is 0 Å². The van der Waals surface area contributed by atoms with Crippen molar-refractivity contribution in [3.63, 3.8) is 0 Å². The molecule has 2 aliphatic rings. The Kier molecular flexibility index (Phi) is 4.67. The third kappa shape index (κ3) is 3.21. The smallest absolute Gasteiger partial charge is 0.267 e. The van der Waals surface area contributed by atoms with Crippen LogP contribution in [0.25, 0.3) is 11.3 Å². The summed E-state index contributed by atoms with van der Waals surface area (Å²) in [5.74, 6) is 0. The molecule has 4 rings (SSSR count). The summed E-state index contributed by atoms with van der Waals surface area (Å²) in [4.78, 5) is 12.2. The molecule has 0 atom stereocenters. The lowest BCUT2D eigenvalue weighted by molar-refractivity contribution is 0.182. The molecule has 6 nitrogen and oxygen atoms in total. The molecule has 0 unspecified atom stereocenters. The second-order valence-electron chi connectivity index (χ2n) is 7.14. The molecule has 1 aromatic carbocycles. The summed E-state index contributed by atoms with van der Waals surface area (Å²) < 4.78 is 28.4. The Morgan fingerprint density at radius 3 is 2.31 bits per heavy atom. The van der Waals surface area contributed by atoms with Gasteiger partial charge in [0.25, 0.3) is 5.56 Å². The number of hydrogen-bond acceptors (Lipinski definition) is 4. The van der Waals surface area contributed by atoms with E-state index < -0.39 is 10.0 Å². The normalized spacial score (nSPS) is 20.0. The van der Waals surface area contributed by atoms with Crippen LogP contribution < -0.4 is 5.56 Å². The van der Waals surface area contributed by atoms with Crippen LogP contribution in [0.3, 0.4) is 0 Å². The fourth-order valence-electron chi connectivity index (χ4n) is 3.80. The molecule has 0 N–H and O–H groups in total. The van der Waals surface area contributed by atoms with Crippen molar-refractivity contribution in [2.24, 2.45) is 0 Å². The van der Waals surface area contributed by atoms with Gasteiger partial charge in [-0.1, -0.05) is 49.6 Å². The molecule has 1 aliphatic carbocycles. The first-order chi connectivity index (χ1) is 12.6. The van der Waals surface area contributed by atoms with E-state index >= 15 is 0 Å². The highest BCUT2D eigenvalue weighted by molar-refractivity contribution is 7.89. The number of sulfonamides is 1. The second kappa shape index (κ2) is 6.96. The number of nitrogens with zero attached hydrogens (tertiary/aromatic N) is 3. The van der Waals surface area contributed by atoms with Gasteiger partial charge in [-0.15, -0.1) is 0 Å². The SMILES string of the molecule is O=c1ccc(-c2ccccc2)nn1C1CN(S(=O)(=O)C2CCCCC2)C1. The summed E-state index contributed by atoms with van der Waals surface area (Å²) >= 11 is 0. The van der Waals surface area contributed by atoms with Gasteiger partial charge in [0.2, 0.25) is 10.0 Å². The molecule has 7 heteroatoms. The zero-order valence-electron chi connectivity index (χ0n) is 14.6. The summed E-state index contributed by atoms with van der Waals surface area (Å²) in [6.07, 6.45) is 4.61. The Hall–Kier alpha value is -1.99. The molecule has 0 spiro atoms. The zero-order valence-corrected chi connectivity index (χ0v) is 15.4. The van der Waals surface area contributed by atoms with Crippen LogP contribution in [0.15, 0.2) is 47.3 Å². The summed E-state index contributed by atoms with van der Waals surface area (Å²) in [5, 5.41) is 4.22. The average Bonchev–Trinajstić information content (AvgIpc) is 2.63. The first-order valence-electron chi connectivity index (χ1n) is 9.20. The molecule has 1 aliphatic heterocycles. The molecule has 0 amide bonds. The van der Waals surface area contributed by atoms with Gasteiger partial charge in [0, 0.05) is 24.7 Å². The summed E-state index contributed by atoms with van der Waals surface area (Å²) in [7, 11) is -3.25. The maximum absolute atomic E-state index is 12.7. The lowest BCUT2D eigenvalue weighted by atomic mass is 10.0. The maximum Gasteiger partial charge on any atom is 0.267 e. The molecule has 0 radical (unpaired) electrons. The Labute approximate surface area is 153 Å². The van der Waals surface area contributed by atoms with Crippen molar-refractivity contribution >= 4 is 10.0 Å². The first-order valence-corrected chi connectivity index (χ1v) is 10.7. The lowest BCUT2D eigenvalue weighted by Crippen LogP contribution is -2.55. The quantitative estimate of drug-likeness (QED) is 0.825. The van der Waals surface area contributed by atoms with Gasteiger partial charge in [0.1, 0.15) is 0 Å². The molecule has 1 saturated heterocycles. The number of aromatic nitrogens is 2. The Morgan fingerprint density at radius 2 is 1.62 bits per heavy atom. The van der Waals surface area contributed by atoms with Crippen molar-refractivity contribution in [2.45, 2.75) is 43.4 Å². The van der Waals surface area contributed by atoms with E-state index in [1.54, 1.807) is 6.07 Å². The minimum absolute atomic E-state index is 0.190. The van der Waals surface area contributed by atoms with Gasteiger partial charge in [-0.05, 0) is 18.9 Å².